The first-order valence-corrected chi connectivity index (χ1v) is 10.9. The summed E-state index contributed by atoms with van der Waals surface area (Å²) in [6.45, 7) is 6.83. The number of hydrogen-bond acceptors (Lipinski definition) is 9. The molecule has 1 saturated heterocycles. The monoisotopic (exact) mass is 482 g/mol. The molecular formula is C21H27ClN4O7. The quantitative estimate of drug-likeness (QED) is 0.423. The molecule has 0 aliphatic carbocycles. The average Bonchev–Trinajstić information content (AvgIpc) is 3.32. The molecule has 1 aliphatic rings. The fourth-order valence-electron chi connectivity index (χ4n) is 3.32. The van der Waals surface area contributed by atoms with E-state index in [2.05, 4.69) is 15.3 Å². The molecule has 0 bridgehead atoms. The van der Waals surface area contributed by atoms with Gasteiger partial charge in [-0.2, -0.15) is 9.97 Å². The van der Waals surface area contributed by atoms with Gasteiger partial charge in [0.2, 0.25) is 18.2 Å². The third-order valence-corrected chi connectivity index (χ3v) is 5.35. The van der Waals surface area contributed by atoms with Gasteiger partial charge >= 0.3 is 11.9 Å². The van der Waals surface area contributed by atoms with Gasteiger partial charge in [0.25, 0.3) is 0 Å². The molecule has 3 atom stereocenters. The smallest absolute Gasteiger partial charge is 0.308 e. The highest BCUT2D eigenvalue weighted by atomic mass is 35.5. The van der Waals surface area contributed by atoms with E-state index in [1.54, 1.807) is 38.5 Å². The molecule has 33 heavy (non-hydrogen) atoms. The second kappa shape index (κ2) is 10.3. The van der Waals surface area contributed by atoms with Gasteiger partial charge < -0.3 is 23.5 Å². The molecule has 2 aromatic heterocycles. The number of fused-ring (bicyclic) bond motifs is 1. The lowest BCUT2D eigenvalue weighted by molar-refractivity contribution is -0.162. The minimum atomic E-state index is -0.687. The topological polar surface area (TPSA) is 131 Å². The van der Waals surface area contributed by atoms with E-state index in [-0.39, 0.29) is 48.6 Å². The van der Waals surface area contributed by atoms with E-state index in [4.69, 9.17) is 30.5 Å². The predicted molar refractivity (Wildman–Crippen MR) is 118 cm³/mol. The van der Waals surface area contributed by atoms with Crippen LogP contribution in [0.25, 0.3) is 11.0 Å². The summed E-state index contributed by atoms with van der Waals surface area (Å²) in [7, 11) is 1.42. The Balaban J connectivity index is 1.94. The van der Waals surface area contributed by atoms with Gasteiger partial charge in [0.15, 0.2) is 5.65 Å². The predicted octanol–water partition coefficient (Wildman–Crippen LogP) is 2.72. The highest BCUT2D eigenvalue weighted by Gasteiger charge is 2.41. The molecule has 3 rings (SSSR count). The molecule has 0 unspecified atom stereocenters. The number of ether oxygens (including phenoxy) is 4. The fraction of sp³-hybridized carbons (Fsp3) is 0.571. The van der Waals surface area contributed by atoms with Crippen LogP contribution in [-0.4, -0.2) is 58.8 Å². The van der Waals surface area contributed by atoms with Gasteiger partial charge in [-0.1, -0.05) is 39.3 Å². The lowest BCUT2D eigenvalue weighted by atomic mass is 10.1. The van der Waals surface area contributed by atoms with Gasteiger partial charge in [0, 0.05) is 12.6 Å². The van der Waals surface area contributed by atoms with Crippen LogP contribution in [0.3, 0.4) is 0 Å². The van der Waals surface area contributed by atoms with E-state index >= 15 is 0 Å². The van der Waals surface area contributed by atoms with Crippen LogP contribution < -0.4 is 10.1 Å². The lowest BCUT2D eigenvalue weighted by Gasteiger charge is -2.20. The Morgan fingerprint density at radius 3 is 2.58 bits per heavy atom. The van der Waals surface area contributed by atoms with E-state index in [1.807, 2.05) is 0 Å². The summed E-state index contributed by atoms with van der Waals surface area (Å²) in [6, 6.07) is 0. The van der Waals surface area contributed by atoms with Gasteiger partial charge in [-0.3, -0.25) is 19.7 Å². The Bertz CT molecular complexity index is 1040. The van der Waals surface area contributed by atoms with Crippen LogP contribution in [0, 0.1) is 11.8 Å². The summed E-state index contributed by atoms with van der Waals surface area (Å²) in [5, 5.41) is 3.14. The average molecular weight is 483 g/mol. The van der Waals surface area contributed by atoms with E-state index in [0.29, 0.717) is 22.5 Å². The van der Waals surface area contributed by atoms with E-state index in [0.717, 1.165) is 0 Å². The van der Waals surface area contributed by atoms with Crippen molar-refractivity contribution in [3.8, 4) is 5.88 Å². The van der Waals surface area contributed by atoms with E-state index in [1.165, 1.54) is 7.11 Å². The Morgan fingerprint density at radius 2 is 1.97 bits per heavy atom. The molecule has 0 aromatic carbocycles. The third kappa shape index (κ3) is 5.36. The number of rotatable bonds is 9. The maximum atomic E-state index is 12.3. The molecule has 2 aromatic rings. The molecule has 180 valence electrons. The fourth-order valence-corrected chi connectivity index (χ4v) is 3.59. The number of methoxy groups -OCH3 is 1. The number of amides is 1. The van der Waals surface area contributed by atoms with Crippen LogP contribution in [0.4, 0.5) is 5.95 Å². The van der Waals surface area contributed by atoms with Gasteiger partial charge in [0.05, 0.1) is 29.4 Å². The zero-order chi connectivity index (χ0) is 24.3. The zero-order valence-electron chi connectivity index (χ0n) is 19.0. The number of halogens is 1. The molecule has 0 spiro atoms. The molecule has 1 N–H and O–H groups in total. The van der Waals surface area contributed by atoms with Crippen LogP contribution in [-0.2, 0) is 28.6 Å². The lowest BCUT2D eigenvalue weighted by Crippen LogP contribution is -2.33. The number of nitrogens with zero attached hydrogens (tertiary/aromatic N) is 3. The summed E-state index contributed by atoms with van der Waals surface area (Å²) in [4.78, 5) is 43.6. The largest absolute Gasteiger partial charge is 0.480 e. The Labute approximate surface area is 195 Å². The van der Waals surface area contributed by atoms with Crippen LogP contribution in [0.15, 0.2) is 6.20 Å². The number of nitrogens with one attached hydrogen (secondary N) is 1. The van der Waals surface area contributed by atoms with Gasteiger partial charge in [-0.05, 0) is 0 Å². The van der Waals surface area contributed by atoms with Crippen molar-refractivity contribution < 1.29 is 33.3 Å². The molecule has 0 saturated carbocycles. The molecule has 11 nitrogen and oxygen atoms in total. The van der Waals surface area contributed by atoms with Crippen molar-refractivity contribution in [2.75, 3.05) is 19.0 Å². The summed E-state index contributed by atoms with van der Waals surface area (Å²) < 4.78 is 24.1. The number of anilines is 1. The van der Waals surface area contributed by atoms with Crippen molar-refractivity contribution in [2.45, 2.75) is 52.6 Å². The molecule has 12 heteroatoms. The van der Waals surface area contributed by atoms with Gasteiger partial charge in [-0.15, -0.1) is 0 Å². The van der Waals surface area contributed by atoms with Gasteiger partial charge in [-0.25, -0.2) is 0 Å². The Hall–Kier alpha value is -2.92. The SMILES string of the molecule is COc1nc(NC=O)nc2c1c(Cl)cn2[C@@H]1C[C@H](OC(=O)C(C)C)[C@@H](COC(=O)C(C)C)O1. The number of aromatic nitrogens is 3. The third-order valence-electron chi connectivity index (χ3n) is 5.06. The molecule has 1 aliphatic heterocycles. The number of esters is 2. The molecule has 1 amide bonds. The van der Waals surface area contributed by atoms with Crippen molar-refractivity contribution >= 4 is 46.9 Å². The molecule has 3 heterocycles. The number of carbonyl (C=O) groups excluding carboxylic acids is 3. The minimum absolute atomic E-state index is 0.0218. The van der Waals surface area contributed by atoms with E-state index in [9.17, 15) is 14.4 Å². The Morgan fingerprint density at radius 1 is 1.27 bits per heavy atom. The first kappa shape index (κ1) is 24.7. The normalized spacial score (nSPS) is 20.3. The standard InChI is InChI=1S/C21H27ClN4O7/c1-10(2)19(28)31-8-14-13(33-20(29)11(3)4)6-15(32-14)26-7-12(22)16-17(26)24-21(23-9-27)25-18(16)30-5/h7,9-11,13-15H,6,8H2,1-5H3,(H,23,24,25,27)/t13-,14+,15-/m0/s1. The molecule has 1 fully saturated rings. The van der Waals surface area contributed by atoms with E-state index < -0.39 is 18.4 Å². The summed E-state index contributed by atoms with van der Waals surface area (Å²) in [5.74, 6) is -1.21. The van der Waals surface area contributed by atoms with Crippen molar-refractivity contribution in [1.82, 2.24) is 14.5 Å². The maximum Gasteiger partial charge on any atom is 0.308 e. The second-order valence-corrected chi connectivity index (χ2v) is 8.59. The van der Waals surface area contributed by atoms with Crippen LogP contribution in [0.5, 0.6) is 5.88 Å². The summed E-state index contributed by atoms with van der Waals surface area (Å²) in [5.41, 5.74) is 0.356. The highest BCUT2D eigenvalue weighted by Crippen LogP contribution is 2.39. The van der Waals surface area contributed by atoms with Gasteiger partial charge in [0.1, 0.15) is 25.0 Å². The highest BCUT2D eigenvalue weighted by molar-refractivity contribution is 6.36. The Kier molecular flexibility index (Phi) is 7.75. The first-order valence-electron chi connectivity index (χ1n) is 10.5. The van der Waals surface area contributed by atoms with Crippen LogP contribution in [0.1, 0.15) is 40.3 Å². The van der Waals surface area contributed by atoms with Crippen molar-refractivity contribution in [2.24, 2.45) is 11.8 Å². The van der Waals surface area contributed by atoms with Crippen LogP contribution in [0.2, 0.25) is 5.02 Å². The van der Waals surface area contributed by atoms with Crippen LogP contribution >= 0.6 is 11.6 Å². The number of hydrogen-bond donors (Lipinski definition) is 1. The van der Waals surface area contributed by atoms with Crippen molar-refractivity contribution in [3.63, 3.8) is 0 Å². The summed E-state index contributed by atoms with van der Waals surface area (Å²) >= 11 is 6.42. The maximum absolute atomic E-state index is 12.3. The minimum Gasteiger partial charge on any atom is -0.480 e. The first-order chi connectivity index (χ1) is 15.7. The second-order valence-electron chi connectivity index (χ2n) is 8.18. The summed E-state index contributed by atoms with van der Waals surface area (Å²) in [6.07, 6.45) is 0.331. The van der Waals surface area contributed by atoms with Crippen molar-refractivity contribution in [1.29, 1.82) is 0 Å². The molecule has 0 radical (unpaired) electrons. The molecular weight excluding hydrogens is 456 g/mol. The van der Waals surface area contributed by atoms with Crippen molar-refractivity contribution in [3.05, 3.63) is 11.2 Å². The zero-order valence-corrected chi connectivity index (χ0v) is 19.8. The number of carbonyl (C=O) groups is 3.